The van der Waals surface area contributed by atoms with Crippen molar-refractivity contribution in [3.63, 3.8) is 0 Å². The predicted molar refractivity (Wildman–Crippen MR) is 494 cm³/mol. The molecule has 0 spiro atoms. The summed E-state index contributed by atoms with van der Waals surface area (Å²) in [5, 5.41) is 295. The normalized spacial score (nSPS) is 49.9. The first-order chi connectivity index (χ1) is 69.3. The van der Waals surface area contributed by atoms with Gasteiger partial charge in [-0.3, -0.25) is 4.79 Å². The van der Waals surface area contributed by atoms with Gasteiger partial charge in [0.15, 0.2) is 62.5 Å². The van der Waals surface area contributed by atoms with Crippen molar-refractivity contribution in [2.75, 3.05) is 52.9 Å². The molecule has 14 aliphatic rings. The Morgan fingerprint density at radius 1 is 0.446 bits per heavy atom. The maximum Gasteiger partial charge on any atom is 0.333 e. The van der Waals surface area contributed by atoms with Gasteiger partial charge in [-0.05, 0) is 140 Å². The lowest BCUT2D eigenvalue weighted by atomic mass is 9.33. The molecule has 0 aromatic heterocycles. The number of hydrogen-bond donors (Lipinski definition) is 26. The van der Waals surface area contributed by atoms with E-state index in [-0.39, 0.29) is 68.9 Å². The van der Waals surface area contributed by atoms with E-state index in [9.17, 15) is 138 Å². The molecule has 14 rings (SSSR count). The van der Waals surface area contributed by atoms with Gasteiger partial charge in [-0.2, -0.15) is 0 Å². The van der Waals surface area contributed by atoms with Crippen LogP contribution in [0.3, 0.4) is 0 Å². The zero-order chi connectivity index (χ0) is 109. The fourth-order valence-electron chi connectivity index (χ4n) is 24.8. The molecule has 0 radical (unpaired) electrons. The first kappa shape index (κ1) is 119. The summed E-state index contributed by atoms with van der Waals surface area (Å²) in [5.74, 6) is -5.20. The summed E-state index contributed by atoms with van der Waals surface area (Å²) in [6.45, 7) is 22.8. The van der Waals surface area contributed by atoms with Crippen molar-refractivity contribution in [1.82, 2.24) is 0 Å². The second-order valence-corrected chi connectivity index (χ2v) is 45.0. The van der Waals surface area contributed by atoms with Crippen molar-refractivity contribution < 1.29 is 242 Å². The second-order valence-electron chi connectivity index (χ2n) is 45.0. The Morgan fingerprint density at radius 2 is 0.926 bits per heavy atom. The molecule has 148 heavy (non-hydrogen) atoms. The number of hydrogen-bond acceptors (Lipinski definition) is 49. The van der Waals surface area contributed by atoms with E-state index < -0.39 is 409 Å². The molecule has 9 saturated heterocycles. The lowest BCUT2D eigenvalue weighted by Crippen LogP contribution is -2.71. The first-order valence-corrected chi connectivity index (χ1v) is 50.8. The van der Waals surface area contributed by atoms with E-state index in [2.05, 4.69) is 20.1 Å². The Labute approximate surface area is 854 Å². The maximum atomic E-state index is 17.0. The van der Waals surface area contributed by atoms with Gasteiger partial charge in [0.25, 0.3) is 0 Å². The molecular formula is C99H156O49. The molecule has 9 heterocycles. The Hall–Kier alpha value is -4.61. The Balaban J connectivity index is 0.745. The topological polar surface area (TPSA) is 762 Å². The van der Waals surface area contributed by atoms with Crippen LogP contribution in [0.1, 0.15) is 154 Å². The van der Waals surface area contributed by atoms with Crippen LogP contribution in [0.2, 0.25) is 0 Å². The van der Waals surface area contributed by atoms with Gasteiger partial charge in [-0.15, -0.1) is 13.2 Å². The van der Waals surface area contributed by atoms with E-state index in [0.29, 0.717) is 12.0 Å². The van der Waals surface area contributed by atoms with Crippen LogP contribution < -0.4 is 0 Å². The van der Waals surface area contributed by atoms with Crippen molar-refractivity contribution in [3.05, 3.63) is 60.3 Å². The zero-order valence-electron chi connectivity index (χ0n) is 84.9. The quantitative estimate of drug-likeness (QED) is 0.00954. The summed E-state index contributed by atoms with van der Waals surface area (Å²) in [7, 11) is 0. The molecule has 49 nitrogen and oxygen atoms in total. The van der Waals surface area contributed by atoms with Crippen LogP contribution in [0.5, 0.6) is 0 Å². The third kappa shape index (κ3) is 23.2. The van der Waals surface area contributed by atoms with E-state index >= 15 is 9.59 Å². The van der Waals surface area contributed by atoms with Crippen LogP contribution >= 0.6 is 0 Å². The van der Waals surface area contributed by atoms with Crippen LogP contribution in [0, 0.1) is 50.2 Å². The third-order valence-corrected chi connectivity index (χ3v) is 34.5. The minimum Gasteiger partial charge on any atom is -0.458 e. The van der Waals surface area contributed by atoms with Gasteiger partial charge in [0.05, 0.1) is 94.6 Å². The van der Waals surface area contributed by atoms with Crippen molar-refractivity contribution >= 4 is 17.9 Å². The third-order valence-electron chi connectivity index (χ3n) is 34.5. The molecule has 54 atom stereocenters. The number of allylic oxidation sites excluding steroid dienone is 4. The van der Waals surface area contributed by atoms with Gasteiger partial charge in [0, 0.05) is 28.4 Å². The Kier molecular flexibility index (Phi) is 37.7. The molecule has 54 unspecified atom stereocenters. The van der Waals surface area contributed by atoms with Crippen molar-refractivity contribution in [1.29, 1.82) is 0 Å². The highest BCUT2D eigenvalue weighted by molar-refractivity contribution is 5.88. The largest absolute Gasteiger partial charge is 0.458 e. The molecule has 0 bridgehead atoms. The number of carbonyl (C=O) groups is 3. The number of carbonyl (C=O) groups excluding carboxylic acids is 3. The van der Waals surface area contributed by atoms with Crippen LogP contribution in [0.15, 0.2) is 60.3 Å². The molecule has 0 aromatic carbocycles. The highest BCUT2D eigenvalue weighted by Gasteiger charge is 2.75. The average Bonchev–Trinajstić information content (AvgIpc) is 0.664. The van der Waals surface area contributed by atoms with E-state index in [1.807, 2.05) is 19.9 Å². The smallest absolute Gasteiger partial charge is 0.333 e. The van der Waals surface area contributed by atoms with Crippen LogP contribution in [0.25, 0.3) is 0 Å². The van der Waals surface area contributed by atoms with Gasteiger partial charge in [-0.1, -0.05) is 77.5 Å². The number of esters is 3. The molecule has 5 aliphatic carbocycles. The van der Waals surface area contributed by atoms with Gasteiger partial charge >= 0.3 is 17.9 Å². The number of fused-ring (bicyclic) bond motifs is 7. The average molecular weight is 2130 g/mol. The lowest BCUT2D eigenvalue weighted by molar-refractivity contribution is -0.381. The molecular weight excluding hydrogens is 1970 g/mol. The Bertz CT molecular complexity index is 4570. The number of rotatable bonds is 33. The summed E-state index contributed by atoms with van der Waals surface area (Å²) < 4.78 is 120. The molecule has 0 aromatic rings. The van der Waals surface area contributed by atoms with Crippen molar-refractivity contribution in [2.24, 2.45) is 50.2 Å². The number of aliphatic hydroxyl groups is 26. The van der Waals surface area contributed by atoms with E-state index in [1.54, 1.807) is 40.7 Å². The number of ether oxygens (including phenoxy) is 20. The van der Waals surface area contributed by atoms with Gasteiger partial charge in [0.2, 0.25) is 6.29 Å². The zero-order valence-corrected chi connectivity index (χ0v) is 84.9. The fourth-order valence-corrected chi connectivity index (χ4v) is 24.8. The fraction of sp³-hybridized carbons (Fsp3) is 0.869. The molecule has 49 heteroatoms. The van der Waals surface area contributed by atoms with Crippen LogP contribution in [-0.4, -0.2) is 485 Å². The van der Waals surface area contributed by atoms with E-state index in [4.69, 9.17) is 94.7 Å². The minimum absolute atomic E-state index is 0.0260. The maximum absolute atomic E-state index is 17.0. The summed E-state index contributed by atoms with van der Waals surface area (Å²) >= 11 is 0. The highest BCUT2D eigenvalue weighted by atomic mass is 16.8. The predicted octanol–water partition coefficient (Wildman–Crippen LogP) is -7.35. The van der Waals surface area contributed by atoms with Crippen molar-refractivity contribution in [3.8, 4) is 0 Å². The Morgan fingerprint density at radius 3 is 1.53 bits per heavy atom. The molecule has 0 amide bonds. The van der Waals surface area contributed by atoms with Gasteiger partial charge < -0.3 is 228 Å². The van der Waals surface area contributed by atoms with E-state index in [0.717, 1.165) is 0 Å². The van der Waals surface area contributed by atoms with Gasteiger partial charge in [0.1, 0.15) is 176 Å². The first-order valence-electron chi connectivity index (χ1n) is 50.8. The second kappa shape index (κ2) is 46.9. The SMILES string of the molecule is C=CC(C)(O)CCC=C(C)C(=O)OC1COC(OC(C)(C=C)CCC=C(C)C(=O)OC2CC3(C(=O)OC4OC(COC5OC(C)C(O)C(O)C5O)C(O)C(O)C4OC4OC(C)C(OC5OCC(O)C(OC6OCC(O)C(O)C6O)C5O)C(O)C4O)C(O)CC4(C)C(=CCC5C6(C)CC(O)C(OC7OC(COC8OCC(O)C(O)C8OC8OCC(O)C(O)C8O)C(O)C(O)C7O)C(C)(CO)C6CCC54C)C3CC2(C)C)C(O)C1O. The standard InChI is InChI=1S/C99H156O49/c1-15-93(9,128)24-17-19-39(3)80(125)138-50-35-134-86(70(120)63(50)113)148-94(10,16-2)25-18-20-40(4)81(126)141-56-30-99(91(127)147-90-78(66(116)62(112)52(140-90)36-133-82-71(121)64(114)57(107)41(5)136-82)145-87-73(123)67(117)75(42(6)137-87)142-85-74(124)76(49(105)34-131-85)143-83-68(118)58(108)46(102)31-129-83)44(27-92(56,7)8)43-21-22-54-95(11)28-45(101)79(96(12,38-100)53(95)23-26-97(54,13)98(43,14)29-55(99)106)146-88-72(122)65(115)61(111)51(139-88)37-135-89-77(60(110)48(104)33-132-89)144-84-69(119)59(109)47(103)32-130-84/h15-16,19-21,41-42,44-79,82-90,100-124,128H,1-2,17-18,22-38H2,3-14H3. The van der Waals surface area contributed by atoms with Crippen molar-refractivity contribution in [2.45, 2.75) is 435 Å². The summed E-state index contributed by atoms with van der Waals surface area (Å²) in [4.78, 5) is 45.3. The van der Waals surface area contributed by atoms with Gasteiger partial charge in [-0.25, -0.2) is 9.59 Å². The molecule has 846 valence electrons. The summed E-state index contributed by atoms with van der Waals surface area (Å²) in [6, 6.07) is 0. The lowest BCUT2D eigenvalue weighted by Gasteiger charge is -2.72. The monoisotopic (exact) mass is 2130 g/mol. The van der Waals surface area contributed by atoms with Crippen LogP contribution in [0.4, 0.5) is 0 Å². The molecule has 26 N–H and O–H groups in total. The summed E-state index contributed by atoms with van der Waals surface area (Å²) in [6.07, 6.45) is -70.0. The molecule has 13 fully saturated rings. The highest BCUT2D eigenvalue weighted by Crippen LogP contribution is 2.76. The molecule has 4 saturated carbocycles. The number of aliphatic hydroxyl groups excluding tert-OH is 25. The minimum atomic E-state index is -2.34. The van der Waals surface area contributed by atoms with Crippen LogP contribution in [-0.2, 0) is 109 Å². The molecule has 9 aliphatic heterocycles. The summed E-state index contributed by atoms with van der Waals surface area (Å²) in [5.41, 5.74) is -9.76. The van der Waals surface area contributed by atoms with E-state index in [1.165, 1.54) is 45.9 Å².